The average molecular weight is 262 g/mol. The van der Waals surface area contributed by atoms with Crippen molar-refractivity contribution in [2.75, 3.05) is 6.61 Å². The highest BCUT2D eigenvalue weighted by Crippen LogP contribution is 2.42. The molecule has 2 saturated carbocycles. The van der Waals surface area contributed by atoms with E-state index in [9.17, 15) is 5.11 Å². The molecule has 0 amide bonds. The summed E-state index contributed by atoms with van der Waals surface area (Å²) in [5.74, 6) is 1.84. The molecule has 2 aliphatic carbocycles. The largest absolute Gasteiger partial charge is 0.392 e. The highest BCUT2D eigenvalue weighted by atomic mass is 16.3. The molecule has 2 aliphatic rings. The van der Waals surface area contributed by atoms with Gasteiger partial charge in [0.1, 0.15) is 0 Å². The summed E-state index contributed by atoms with van der Waals surface area (Å²) in [7, 11) is 0. The maximum Gasteiger partial charge on any atom is 0.0644 e. The first-order valence-electron chi connectivity index (χ1n) is 7.86. The van der Waals surface area contributed by atoms with Crippen LogP contribution in [-0.4, -0.2) is 11.7 Å². The van der Waals surface area contributed by atoms with E-state index < -0.39 is 0 Å². The summed E-state index contributed by atoms with van der Waals surface area (Å²) in [6.07, 6.45) is 12.1. The van der Waals surface area contributed by atoms with Gasteiger partial charge < -0.3 is 5.11 Å². The Kier molecular flexibility index (Phi) is 7.15. The SMILES string of the molecule is C=C/C=C1/CC(CCC2CC2)C/C1=C(/C)CO.CC. The molecule has 108 valence electrons. The van der Waals surface area contributed by atoms with E-state index in [1.165, 1.54) is 49.7 Å². The second kappa shape index (κ2) is 8.37. The van der Waals surface area contributed by atoms with E-state index in [1.54, 1.807) is 0 Å². The molecule has 0 aromatic rings. The Hall–Kier alpha value is -0.820. The third-order valence-corrected chi connectivity index (χ3v) is 4.14. The average Bonchev–Trinajstić information content (AvgIpc) is 3.19. The van der Waals surface area contributed by atoms with Crippen molar-refractivity contribution in [3.05, 3.63) is 35.5 Å². The molecule has 0 radical (unpaired) electrons. The smallest absolute Gasteiger partial charge is 0.0644 e. The fourth-order valence-electron chi connectivity index (χ4n) is 2.86. The Morgan fingerprint density at radius 1 is 1.21 bits per heavy atom. The molecule has 0 saturated heterocycles. The molecule has 1 nitrogen and oxygen atoms in total. The van der Waals surface area contributed by atoms with Crippen LogP contribution in [0.1, 0.15) is 59.3 Å². The molecule has 0 spiro atoms. The van der Waals surface area contributed by atoms with Crippen molar-refractivity contribution in [2.24, 2.45) is 11.8 Å². The van der Waals surface area contributed by atoms with Crippen LogP contribution in [0.2, 0.25) is 0 Å². The van der Waals surface area contributed by atoms with Crippen LogP contribution in [0, 0.1) is 11.8 Å². The van der Waals surface area contributed by atoms with Crippen molar-refractivity contribution < 1.29 is 5.11 Å². The number of allylic oxidation sites excluding steroid dienone is 4. The first-order chi connectivity index (χ1) is 9.24. The van der Waals surface area contributed by atoms with Crippen molar-refractivity contribution >= 4 is 0 Å². The lowest BCUT2D eigenvalue weighted by atomic mass is 9.99. The monoisotopic (exact) mass is 262 g/mol. The summed E-state index contributed by atoms with van der Waals surface area (Å²) < 4.78 is 0. The highest BCUT2D eigenvalue weighted by Gasteiger charge is 2.28. The Morgan fingerprint density at radius 2 is 1.84 bits per heavy atom. The van der Waals surface area contributed by atoms with Gasteiger partial charge in [-0.05, 0) is 54.7 Å². The lowest BCUT2D eigenvalue weighted by Gasteiger charge is -2.07. The minimum absolute atomic E-state index is 0.194. The van der Waals surface area contributed by atoms with Crippen molar-refractivity contribution in [2.45, 2.75) is 59.3 Å². The number of aliphatic hydroxyl groups is 1. The van der Waals surface area contributed by atoms with E-state index in [2.05, 4.69) is 19.6 Å². The molecular weight excluding hydrogens is 232 g/mol. The fourth-order valence-corrected chi connectivity index (χ4v) is 2.86. The Labute approximate surface area is 119 Å². The normalized spacial score (nSPS) is 26.9. The molecule has 2 rings (SSSR count). The van der Waals surface area contributed by atoms with E-state index in [0.717, 1.165) is 17.4 Å². The van der Waals surface area contributed by atoms with E-state index >= 15 is 0 Å². The Bertz CT molecular complexity index is 345. The van der Waals surface area contributed by atoms with Gasteiger partial charge in [-0.25, -0.2) is 0 Å². The summed E-state index contributed by atoms with van der Waals surface area (Å²) in [5, 5.41) is 9.28. The number of aliphatic hydroxyl groups excluding tert-OH is 1. The second-order valence-corrected chi connectivity index (χ2v) is 5.64. The first-order valence-corrected chi connectivity index (χ1v) is 7.86. The fraction of sp³-hybridized carbons (Fsp3) is 0.667. The molecule has 1 unspecified atom stereocenters. The van der Waals surface area contributed by atoms with Crippen LogP contribution < -0.4 is 0 Å². The molecule has 0 heterocycles. The highest BCUT2D eigenvalue weighted by molar-refractivity contribution is 5.41. The Balaban J connectivity index is 0.000000861. The molecule has 0 bridgehead atoms. The van der Waals surface area contributed by atoms with Crippen molar-refractivity contribution in [1.29, 1.82) is 0 Å². The summed E-state index contributed by atoms with van der Waals surface area (Å²) in [4.78, 5) is 0. The molecular formula is C18H30O. The van der Waals surface area contributed by atoms with Gasteiger partial charge in [0.05, 0.1) is 6.61 Å². The molecule has 1 heteroatoms. The van der Waals surface area contributed by atoms with Gasteiger partial charge in [-0.3, -0.25) is 0 Å². The predicted octanol–water partition coefficient (Wildman–Crippen LogP) is 5.03. The van der Waals surface area contributed by atoms with Gasteiger partial charge in [-0.2, -0.15) is 0 Å². The number of hydrogen-bond donors (Lipinski definition) is 1. The predicted molar refractivity (Wildman–Crippen MR) is 84.1 cm³/mol. The number of hydrogen-bond acceptors (Lipinski definition) is 1. The molecule has 1 atom stereocenters. The van der Waals surface area contributed by atoms with Crippen molar-refractivity contribution in [1.82, 2.24) is 0 Å². The second-order valence-electron chi connectivity index (χ2n) is 5.64. The zero-order valence-electron chi connectivity index (χ0n) is 12.9. The van der Waals surface area contributed by atoms with Gasteiger partial charge in [0.15, 0.2) is 0 Å². The van der Waals surface area contributed by atoms with Crippen molar-refractivity contribution in [3.8, 4) is 0 Å². The first kappa shape index (κ1) is 16.2. The van der Waals surface area contributed by atoms with Gasteiger partial charge in [0.2, 0.25) is 0 Å². The van der Waals surface area contributed by atoms with Crippen LogP contribution in [0.15, 0.2) is 35.5 Å². The van der Waals surface area contributed by atoms with E-state index in [0.29, 0.717) is 0 Å². The zero-order chi connectivity index (χ0) is 14.3. The molecule has 0 aromatic carbocycles. The zero-order valence-corrected chi connectivity index (χ0v) is 12.9. The van der Waals surface area contributed by atoms with E-state index in [4.69, 9.17) is 0 Å². The van der Waals surface area contributed by atoms with Crippen LogP contribution in [0.5, 0.6) is 0 Å². The molecule has 19 heavy (non-hydrogen) atoms. The third-order valence-electron chi connectivity index (χ3n) is 4.14. The topological polar surface area (TPSA) is 20.2 Å². The van der Waals surface area contributed by atoms with Crippen LogP contribution in [0.3, 0.4) is 0 Å². The van der Waals surface area contributed by atoms with Crippen LogP contribution in [0.25, 0.3) is 0 Å². The maximum atomic E-state index is 9.28. The Morgan fingerprint density at radius 3 is 2.37 bits per heavy atom. The van der Waals surface area contributed by atoms with E-state index in [-0.39, 0.29) is 6.61 Å². The minimum Gasteiger partial charge on any atom is -0.392 e. The molecule has 1 N–H and O–H groups in total. The number of rotatable bonds is 5. The lowest BCUT2D eigenvalue weighted by molar-refractivity contribution is 0.330. The molecule has 0 aromatic heterocycles. The standard InChI is InChI=1S/C16H24O.C2H6/c1-3-4-15-9-14(8-7-13-5-6-13)10-16(15)12(2)11-17;1-2/h3-4,13-14,17H,1,5-11H2,2H3;1-2H3/b15-4-,16-12+;. The van der Waals surface area contributed by atoms with Crippen LogP contribution in [0.4, 0.5) is 0 Å². The maximum absolute atomic E-state index is 9.28. The van der Waals surface area contributed by atoms with Crippen LogP contribution >= 0.6 is 0 Å². The summed E-state index contributed by atoms with van der Waals surface area (Å²) in [6.45, 7) is 10.0. The van der Waals surface area contributed by atoms with Gasteiger partial charge in [-0.15, -0.1) is 0 Å². The quantitative estimate of drug-likeness (QED) is 0.736. The molecule has 2 fully saturated rings. The molecule has 0 aliphatic heterocycles. The van der Waals surface area contributed by atoms with Gasteiger partial charge in [0, 0.05) is 0 Å². The summed E-state index contributed by atoms with van der Waals surface area (Å²) >= 11 is 0. The minimum atomic E-state index is 0.194. The lowest BCUT2D eigenvalue weighted by Crippen LogP contribution is -1.95. The van der Waals surface area contributed by atoms with Crippen LogP contribution in [-0.2, 0) is 0 Å². The third kappa shape index (κ3) is 4.99. The summed E-state index contributed by atoms with van der Waals surface area (Å²) in [6, 6.07) is 0. The van der Waals surface area contributed by atoms with Crippen molar-refractivity contribution in [3.63, 3.8) is 0 Å². The van der Waals surface area contributed by atoms with Gasteiger partial charge in [-0.1, -0.05) is 51.8 Å². The summed E-state index contributed by atoms with van der Waals surface area (Å²) in [5.41, 5.74) is 3.95. The van der Waals surface area contributed by atoms with E-state index in [1.807, 2.05) is 19.9 Å². The van der Waals surface area contributed by atoms with Gasteiger partial charge in [0.25, 0.3) is 0 Å². The van der Waals surface area contributed by atoms with Gasteiger partial charge >= 0.3 is 0 Å².